The van der Waals surface area contributed by atoms with E-state index in [1.165, 1.54) is 11.7 Å². The minimum atomic E-state index is -0.354. The first kappa shape index (κ1) is 10.8. The number of para-hydroxylation sites is 1. The van der Waals surface area contributed by atoms with Gasteiger partial charge in [0, 0.05) is 0 Å². The lowest BCUT2D eigenvalue weighted by Crippen LogP contribution is -2.29. The fourth-order valence-corrected chi connectivity index (χ4v) is 2.34. The Morgan fingerprint density at radius 1 is 1.50 bits per heavy atom. The van der Waals surface area contributed by atoms with E-state index in [1.54, 1.807) is 0 Å². The number of hydrogen-bond donors (Lipinski definition) is 1. The van der Waals surface area contributed by atoms with Crippen molar-refractivity contribution in [2.75, 3.05) is 7.11 Å². The number of nitrogens with one attached hydrogen (secondary N) is 1. The Bertz CT molecular complexity index is 573. The van der Waals surface area contributed by atoms with Crippen LogP contribution in [0.3, 0.4) is 0 Å². The highest BCUT2D eigenvalue weighted by Gasteiger charge is 2.10. The van der Waals surface area contributed by atoms with Gasteiger partial charge < -0.3 is 0 Å². The van der Waals surface area contributed by atoms with Crippen LogP contribution in [-0.2, 0) is 16.2 Å². The van der Waals surface area contributed by atoms with E-state index in [4.69, 9.17) is 0 Å². The highest BCUT2D eigenvalue weighted by molar-refractivity contribution is 7.16. The van der Waals surface area contributed by atoms with E-state index in [0.717, 1.165) is 21.6 Å². The lowest BCUT2D eigenvalue weighted by Gasteiger charge is -2.03. The molecule has 0 unspecified atom stereocenters. The summed E-state index contributed by atoms with van der Waals surface area (Å²) in [6, 6.07) is 7.36. The average Bonchev–Trinajstić information content (AvgIpc) is 2.56. The number of hydrogen-bond acceptors (Lipinski definition) is 4. The van der Waals surface area contributed by atoms with Crippen LogP contribution in [0.25, 0.3) is 10.2 Å². The van der Waals surface area contributed by atoms with Crippen LogP contribution in [0.4, 0.5) is 0 Å². The normalized spacial score (nSPS) is 10.6. The third-order valence-electron chi connectivity index (χ3n) is 2.09. The topological polar surface area (TPSA) is 60.3 Å². The molecule has 1 amide bonds. The predicted molar refractivity (Wildman–Crippen MR) is 61.2 cm³/mol. The molecule has 1 N–H and O–H groups in total. The molecule has 0 aliphatic heterocycles. The van der Waals surface area contributed by atoms with Crippen molar-refractivity contribution in [3.63, 3.8) is 0 Å². The highest BCUT2D eigenvalue weighted by atomic mass is 32.1. The Morgan fingerprint density at radius 2 is 2.25 bits per heavy atom. The van der Waals surface area contributed by atoms with Crippen LogP contribution in [0, 0.1) is 0 Å². The van der Waals surface area contributed by atoms with Crippen molar-refractivity contribution in [1.29, 1.82) is 0 Å². The van der Waals surface area contributed by atoms with Crippen molar-refractivity contribution in [2.45, 2.75) is 6.54 Å². The SMILES string of the molecule is CONC(=O)Cn1c(=O)sc2ccccc21. The smallest absolute Gasteiger partial charge is 0.289 e. The predicted octanol–water partition coefficient (Wildman–Crippen LogP) is 0.741. The van der Waals surface area contributed by atoms with Gasteiger partial charge >= 0.3 is 4.87 Å². The molecule has 1 aromatic carbocycles. The molecule has 0 bridgehead atoms. The second-order valence-electron chi connectivity index (χ2n) is 3.15. The third kappa shape index (κ3) is 1.98. The number of carbonyl (C=O) groups is 1. The Kier molecular flexibility index (Phi) is 3.02. The molecule has 0 saturated carbocycles. The minimum absolute atomic E-state index is 0.0311. The zero-order chi connectivity index (χ0) is 11.5. The van der Waals surface area contributed by atoms with Gasteiger partial charge in [-0.25, -0.2) is 5.48 Å². The number of rotatable bonds is 3. The molecule has 0 fully saturated rings. The Balaban J connectivity index is 2.40. The second kappa shape index (κ2) is 4.46. The van der Waals surface area contributed by atoms with Gasteiger partial charge in [-0.1, -0.05) is 23.5 Å². The molecule has 0 radical (unpaired) electrons. The van der Waals surface area contributed by atoms with E-state index in [1.807, 2.05) is 24.3 Å². The lowest BCUT2D eigenvalue weighted by molar-refractivity contribution is -0.131. The van der Waals surface area contributed by atoms with Crippen molar-refractivity contribution in [3.8, 4) is 0 Å². The largest absolute Gasteiger partial charge is 0.308 e. The summed E-state index contributed by atoms with van der Waals surface area (Å²) in [6.07, 6.45) is 0. The van der Waals surface area contributed by atoms with Crippen LogP contribution in [-0.4, -0.2) is 17.6 Å². The Labute approximate surface area is 95.2 Å². The molecule has 0 spiro atoms. The average molecular weight is 238 g/mol. The first-order valence-corrected chi connectivity index (χ1v) is 5.44. The Hall–Kier alpha value is -1.66. The number of aromatic nitrogens is 1. The summed E-state index contributed by atoms with van der Waals surface area (Å²) in [7, 11) is 1.35. The van der Waals surface area contributed by atoms with Gasteiger partial charge in [0.15, 0.2) is 0 Å². The number of thiazole rings is 1. The van der Waals surface area contributed by atoms with E-state index >= 15 is 0 Å². The van der Waals surface area contributed by atoms with Gasteiger partial charge in [0.1, 0.15) is 6.54 Å². The van der Waals surface area contributed by atoms with Crippen molar-refractivity contribution < 1.29 is 9.63 Å². The van der Waals surface area contributed by atoms with Gasteiger partial charge in [0.05, 0.1) is 17.3 Å². The molecule has 1 aromatic heterocycles. The summed E-state index contributed by atoms with van der Waals surface area (Å²) in [5, 5.41) is 0. The number of benzene rings is 1. The number of fused-ring (bicyclic) bond motifs is 1. The molecule has 0 saturated heterocycles. The maximum atomic E-state index is 11.6. The minimum Gasteiger partial charge on any atom is -0.289 e. The van der Waals surface area contributed by atoms with Gasteiger partial charge in [0.2, 0.25) is 0 Å². The maximum absolute atomic E-state index is 11.6. The molecule has 5 nitrogen and oxygen atoms in total. The highest BCUT2D eigenvalue weighted by Crippen LogP contribution is 2.15. The van der Waals surface area contributed by atoms with Crippen LogP contribution < -0.4 is 10.4 Å². The summed E-state index contributed by atoms with van der Waals surface area (Å²) in [4.78, 5) is 27.3. The zero-order valence-electron chi connectivity index (χ0n) is 8.60. The third-order valence-corrected chi connectivity index (χ3v) is 3.05. The molecule has 6 heteroatoms. The summed E-state index contributed by atoms with van der Waals surface area (Å²) in [5.41, 5.74) is 2.95. The molecule has 0 aliphatic carbocycles. The van der Waals surface area contributed by atoms with Crippen molar-refractivity contribution in [1.82, 2.24) is 10.0 Å². The first-order chi connectivity index (χ1) is 7.72. The lowest BCUT2D eigenvalue weighted by atomic mass is 10.3. The summed E-state index contributed by atoms with van der Waals surface area (Å²) >= 11 is 1.13. The van der Waals surface area contributed by atoms with Gasteiger partial charge in [-0.2, -0.15) is 0 Å². The number of hydroxylamine groups is 1. The van der Waals surface area contributed by atoms with Gasteiger partial charge in [0.25, 0.3) is 5.91 Å². The van der Waals surface area contributed by atoms with Crippen molar-refractivity contribution in [3.05, 3.63) is 33.9 Å². The van der Waals surface area contributed by atoms with E-state index in [9.17, 15) is 9.59 Å². The van der Waals surface area contributed by atoms with Crippen molar-refractivity contribution in [2.24, 2.45) is 0 Å². The molecule has 84 valence electrons. The van der Waals surface area contributed by atoms with Gasteiger partial charge in [-0.3, -0.25) is 19.0 Å². The fourth-order valence-electron chi connectivity index (χ4n) is 1.45. The number of nitrogens with zero attached hydrogens (tertiary/aromatic N) is 1. The monoisotopic (exact) mass is 238 g/mol. The molecule has 2 rings (SSSR count). The van der Waals surface area contributed by atoms with Crippen LogP contribution in [0.2, 0.25) is 0 Å². The zero-order valence-corrected chi connectivity index (χ0v) is 9.41. The molecule has 16 heavy (non-hydrogen) atoms. The van der Waals surface area contributed by atoms with E-state index in [2.05, 4.69) is 10.3 Å². The van der Waals surface area contributed by atoms with Gasteiger partial charge in [-0.15, -0.1) is 0 Å². The van der Waals surface area contributed by atoms with E-state index < -0.39 is 0 Å². The summed E-state index contributed by atoms with van der Waals surface area (Å²) in [5.74, 6) is -0.354. The van der Waals surface area contributed by atoms with E-state index in [-0.39, 0.29) is 17.3 Å². The Morgan fingerprint density at radius 3 is 3.00 bits per heavy atom. The second-order valence-corrected chi connectivity index (χ2v) is 4.14. The molecular formula is C10H10N2O3S. The summed E-state index contributed by atoms with van der Waals surface area (Å²) < 4.78 is 2.30. The van der Waals surface area contributed by atoms with E-state index in [0.29, 0.717) is 0 Å². The molecule has 2 aromatic rings. The van der Waals surface area contributed by atoms with Crippen LogP contribution in [0.1, 0.15) is 0 Å². The summed E-state index contributed by atoms with van der Waals surface area (Å²) in [6.45, 7) is -0.0311. The number of amides is 1. The van der Waals surface area contributed by atoms with Crippen LogP contribution in [0.15, 0.2) is 29.1 Å². The quantitative estimate of drug-likeness (QED) is 0.802. The first-order valence-electron chi connectivity index (χ1n) is 4.62. The fraction of sp³-hybridized carbons (Fsp3) is 0.200. The van der Waals surface area contributed by atoms with Crippen molar-refractivity contribution >= 4 is 27.5 Å². The van der Waals surface area contributed by atoms with Crippen LogP contribution in [0.5, 0.6) is 0 Å². The molecular weight excluding hydrogens is 228 g/mol. The molecule has 0 atom stereocenters. The van der Waals surface area contributed by atoms with Crippen LogP contribution >= 0.6 is 11.3 Å². The standard InChI is InChI=1S/C10H10N2O3S/c1-15-11-9(13)6-12-7-4-2-3-5-8(7)16-10(12)14/h2-5H,6H2,1H3,(H,11,13). The molecule has 1 heterocycles. The number of carbonyl (C=O) groups excluding carboxylic acids is 1. The molecule has 0 aliphatic rings. The maximum Gasteiger partial charge on any atom is 0.308 e. The van der Waals surface area contributed by atoms with Gasteiger partial charge in [-0.05, 0) is 12.1 Å².